The minimum absolute atomic E-state index is 0.241. The molecule has 0 amide bonds. The summed E-state index contributed by atoms with van der Waals surface area (Å²) in [5.41, 5.74) is 1.75. The first kappa shape index (κ1) is 10.2. The molecule has 80 valence electrons. The highest BCUT2D eigenvalue weighted by Crippen LogP contribution is 2.30. The van der Waals surface area contributed by atoms with Gasteiger partial charge >= 0.3 is 5.97 Å². The van der Waals surface area contributed by atoms with Crippen molar-refractivity contribution in [3.05, 3.63) is 35.4 Å². The van der Waals surface area contributed by atoms with E-state index >= 15 is 0 Å². The fourth-order valence-corrected chi connectivity index (χ4v) is 1.81. The standard InChI is InChI=1S/C12H14O3/c1-12(7-15-8-12)6-9-2-4-10(5-3-9)11(13)14/h2-5H,6-8H2,1H3,(H,13,14). The number of hydrogen-bond acceptors (Lipinski definition) is 2. The van der Waals surface area contributed by atoms with Crippen LogP contribution in [0.4, 0.5) is 0 Å². The lowest BCUT2D eigenvalue weighted by atomic mass is 9.82. The molecule has 0 spiro atoms. The first-order valence-corrected chi connectivity index (χ1v) is 4.99. The van der Waals surface area contributed by atoms with Gasteiger partial charge in [0.25, 0.3) is 0 Å². The first-order chi connectivity index (χ1) is 7.09. The van der Waals surface area contributed by atoms with Crippen molar-refractivity contribution < 1.29 is 14.6 Å². The van der Waals surface area contributed by atoms with Crippen molar-refractivity contribution in [3.8, 4) is 0 Å². The fourth-order valence-electron chi connectivity index (χ4n) is 1.81. The van der Waals surface area contributed by atoms with E-state index in [0.29, 0.717) is 5.56 Å². The molecular formula is C12H14O3. The van der Waals surface area contributed by atoms with Crippen LogP contribution < -0.4 is 0 Å². The van der Waals surface area contributed by atoms with E-state index in [-0.39, 0.29) is 5.41 Å². The molecule has 1 aromatic rings. The number of rotatable bonds is 3. The SMILES string of the molecule is CC1(Cc2ccc(C(=O)O)cc2)COC1. The molecule has 0 aromatic heterocycles. The van der Waals surface area contributed by atoms with Gasteiger partial charge < -0.3 is 9.84 Å². The minimum atomic E-state index is -0.875. The van der Waals surface area contributed by atoms with Crippen molar-refractivity contribution in [2.24, 2.45) is 5.41 Å². The van der Waals surface area contributed by atoms with E-state index in [1.54, 1.807) is 12.1 Å². The second-order valence-corrected chi connectivity index (χ2v) is 4.48. The van der Waals surface area contributed by atoms with E-state index in [0.717, 1.165) is 19.6 Å². The largest absolute Gasteiger partial charge is 0.478 e. The van der Waals surface area contributed by atoms with Crippen LogP contribution in [0.15, 0.2) is 24.3 Å². The molecule has 1 aliphatic rings. The quantitative estimate of drug-likeness (QED) is 0.822. The molecule has 0 unspecified atom stereocenters. The molecule has 0 bridgehead atoms. The Bertz CT molecular complexity index is 363. The van der Waals surface area contributed by atoms with Gasteiger partial charge in [-0.2, -0.15) is 0 Å². The van der Waals surface area contributed by atoms with Crippen molar-refractivity contribution in [1.29, 1.82) is 0 Å². The zero-order chi connectivity index (χ0) is 10.9. The van der Waals surface area contributed by atoms with Gasteiger partial charge in [-0.25, -0.2) is 4.79 Å². The number of benzene rings is 1. The lowest BCUT2D eigenvalue weighted by Crippen LogP contribution is -2.41. The first-order valence-electron chi connectivity index (χ1n) is 4.99. The van der Waals surface area contributed by atoms with Crippen molar-refractivity contribution in [2.45, 2.75) is 13.3 Å². The van der Waals surface area contributed by atoms with E-state index in [2.05, 4.69) is 6.92 Å². The molecule has 1 fully saturated rings. The topological polar surface area (TPSA) is 46.5 Å². The van der Waals surface area contributed by atoms with Crippen LogP contribution in [0, 0.1) is 5.41 Å². The molecule has 0 saturated carbocycles. The van der Waals surface area contributed by atoms with E-state index in [1.165, 1.54) is 5.56 Å². The zero-order valence-electron chi connectivity index (χ0n) is 8.69. The highest BCUT2D eigenvalue weighted by atomic mass is 16.5. The summed E-state index contributed by atoms with van der Waals surface area (Å²) in [5.74, 6) is -0.875. The number of hydrogen-bond donors (Lipinski definition) is 1. The summed E-state index contributed by atoms with van der Waals surface area (Å²) in [5, 5.41) is 8.75. The number of carboxylic acid groups (broad SMARTS) is 1. The normalized spacial score (nSPS) is 18.2. The molecule has 1 saturated heterocycles. The third-order valence-electron chi connectivity index (χ3n) is 2.73. The maximum absolute atomic E-state index is 10.6. The van der Waals surface area contributed by atoms with E-state index in [1.807, 2.05) is 12.1 Å². The second kappa shape index (κ2) is 3.66. The van der Waals surface area contributed by atoms with Crippen LogP contribution in [0.2, 0.25) is 0 Å². The van der Waals surface area contributed by atoms with Gasteiger partial charge in [0.1, 0.15) is 0 Å². The fraction of sp³-hybridized carbons (Fsp3) is 0.417. The highest BCUT2D eigenvalue weighted by molar-refractivity contribution is 5.87. The van der Waals surface area contributed by atoms with E-state index < -0.39 is 5.97 Å². The summed E-state index contributed by atoms with van der Waals surface area (Å²) in [6.45, 7) is 3.78. The molecule has 1 heterocycles. The minimum Gasteiger partial charge on any atom is -0.478 e. The molecule has 3 nitrogen and oxygen atoms in total. The number of ether oxygens (including phenoxy) is 1. The summed E-state index contributed by atoms with van der Waals surface area (Å²) < 4.78 is 5.18. The average Bonchev–Trinajstić information content (AvgIpc) is 2.16. The smallest absolute Gasteiger partial charge is 0.335 e. The Labute approximate surface area is 88.7 Å². The van der Waals surface area contributed by atoms with Crippen molar-refractivity contribution in [2.75, 3.05) is 13.2 Å². The molecule has 1 aliphatic heterocycles. The predicted octanol–water partition coefficient (Wildman–Crippen LogP) is 1.96. The summed E-state index contributed by atoms with van der Waals surface area (Å²) in [6, 6.07) is 7.07. The Hall–Kier alpha value is -1.35. The van der Waals surface area contributed by atoms with E-state index in [9.17, 15) is 4.79 Å². The van der Waals surface area contributed by atoms with Gasteiger partial charge in [-0.3, -0.25) is 0 Å². The molecule has 0 radical (unpaired) electrons. The Balaban J connectivity index is 2.07. The van der Waals surface area contributed by atoms with Gasteiger partial charge in [0.2, 0.25) is 0 Å². The Morgan fingerprint density at radius 3 is 2.40 bits per heavy atom. The van der Waals surface area contributed by atoms with Crippen LogP contribution in [0.5, 0.6) is 0 Å². The summed E-state index contributed by atoms with van der Waals surface area (Å²) in [6.07, 6.45) is 0.951. The lowest BCUT2D eigenvalue weighted by molar-refractivity contribution is -0.100. The third kappa shape index (κ3) is 2.18. The molecule has 3 heteroatoms. The monoisotopic (exact) mass is 206 g/mol. The average molecular weight is 206 g/mol. The van der Waals surface area contributed by atoms with Gasteiger partial charge in [-0.05, 0) is 24.1 Å². The maximum Gasteiger partial charge on any atom is 0.335 e. The zero-order valence-corrected chi connectivity index (χ0v) is 8.69. The molecule has 0 atom stereocenters. The van der Waals surface area contributed by atoms with E-state index in [4.69, 9.17) is 9.84 Å². The van der Waals surface area contributed by atoms with Crippen LogP contribution in [0.1, 0.15) is 22.8 Å². The van der Waals surface area contributed by atoms with Crippen molar-refractivity contribution in [3.63, 3.8) is 0 Å². The predicted molar refractivity (Wildman–Crippen MR) is 56.0 cm³/mol. The summed E-state index contributed by atoms with van der Waals surface area (Å²) >= 11 is 0. The summed E-state index contributed by atoms with van der Waals surface area (Å²) in [7, 11) is 0. The molecule has 1 aromatic carbocycles. The number of aromatic carboxylic acids is 1. The van der Waals surface area contributed by atoms with Gasteiger partial charge in [0.15, 0.2) is 0 Å². The molecule has 15 heavy (non-hydrogen) atoms. The van der Waals surface area contributed by atoms with Crippen LogP contribution >= 0.6 is 0 Å². The lowest BCUT2D eigenvalue weighted by Gasteiger charge is -2.38. The molecule has 2 rings (SSSR count). The van der Waals surface area contributed by atoms with Gasteiger partial charge in [-0.15, -0.1) is 0 Å². The van der Waals surface area contributed by atoms with Crippen molar-refractivity contribution >= 4 is 5.97 Å². The van der Waals surface area contributed by atoms with Gasteiger partial charge in [-0.1, -0.05) is 19.1 Å². The maximum atomic E-state index is 10.6. The van der Waals surface area contributed by atoms with Crippen LogP contribution in [0.25, 0.3) is 0 Å². The molecular weight excluding hydrogens is 192 g/mol. The highest BCUT2D eigenvalue weighted by Gasteiger charge is 2.33. The Kier molecular flexibility index (Phi) is 2.49. The van der Waals surface area contributed by atoms with Gasteiger partial charge in [0.05, 0.1) is 18.8 Å². The van der Waals surface area contributed by atoms with Crippen LogP contribution in [0.3, 0.4) is 0 Å². The summed E-state index contributed by atoms with van der Waals surface area (Å²) in [4.78, 5) is 10.6. The third-order valence-corrected chi connectivity index (χ3v) is 2.73. The Morgan fingerprint density at radius 1 is 1.40 bits per heavy atom. The number of carboxylic acids is 1. The second-order valence-electron chi connectivity index (χ2n) is 4.48. The van der Waals surface area contributed by atoms with Gasteiger partial charge in [0, 0.05) is 5.41 Å². The number of carbonyl (C=O) groups is 1. The van der Waals surface area contributed by atoms with Crippen molar-refractivity contribution in [1.82, 2.24) is 0 Å². The van der Waals surface area contributed by atoms with Crippen LogP contribution in [-0.4, -0.2) is 24.3 Å². The molecule has 0 aliphatic carbocycles. The molecule has 1 N–H and O–H groups in total. The Morgan fingerprint density at radius 2 is 2.00 bits per heavy atom. The van der Waals surface area contributed by atoms with Crippen LogP contribution in [-0.2, 0) is 11.2 Å².